The fourth-order valence-corrected chi connectivity index (χ4v) is 1.37. The Labute approximate surface area is 60.4 Å². The second kappa shape index (κ2) is 2.30. The zero-order valence-corrected chi connectivity index (χ0v) is 6.37. The molecule has 1 rings (SSSR count). The van der Waals surface area contributed by atoms with Crippen LogP contribution in [0, 0.1) is 0 Å². The molecule has 52 valence electrons. The molecular formula is C7H11ClO. The molecule has 0 unspecified atom stereocenters. The summed E-state index contributed by atoms with van der Waals surface area (Å²) in [5.41, 5.74) is 0. The molecule has 0 bridgehead atoms. The highest BCUT2D eigenvalue weighted by Gasteiger charge is 2.32. The Balaban J connectivity index is 2.60. The van der Waals surface area contributed by atoms with Gasteiger partial charge >= 0.3 is 0 Å². The average molecular weight is 147 g/mol. The van der Waals surface area contributed by atoms with Gasteiger partial charge in [-0.2, -0.15) is 0 Å². The normalized spacial score (nSPS) is 36.9. The Morgan fingerprint density at radius 2 is 2.22 bits per heavy atom. The van der Waals surface area contributed by atoms with Gasteiger partial charge in [-0.1, -0.05) is 6.42 Å². The van der Waals surface area contributed by atoms with Crippen LogP contribution in [0.2, 0.25) is 0 Å². The van der Waals surface area contributed by atoms with Crippen LogP contribution >= 0.6 is 11.6 Å². The molecule has 0 aromatic carbocycles. The highest BCUT2D eigenvalue weighted by atomic mass is 35.5. The van der Waals surface area contributed by atoms with Crippen molar-refractivity contribution >= 4 is 17.4 Å². The number of hydrogen-bond acceptors (Lipinski definition) is 1. The lowest BCUT2D eigenvalue weighted by Gasteiger charge is -2.24. The molecule has 1 fully saturated rings. The first kappa shape index (κ1) is 7.07. The molecule has 1 nitrogen and oxygen atoms in total. The Morgan fingerprint density at radius 3 is 2.56 bits per heavy atom. The summed E-state index contributed by atoms with van der Waals surface area (Å²) >= 11 is 5.87. The minimum absolute atomic E-state index is 0.218. The minimum Gasteiger partial charge on any atom is -0.298 e. The number of ketones is 1. The number of alkyl halides is 1. The summed E-state index contributed by atoms with van der Waals surface area (Å²) in [4.78, 5) is 10.5. The molecule has 0 aromatic heterocycles. The summed E-state index contributed by atoms with van der Waals surface area (Å²) in [5.74, 6) is 0.218. The topological polar surface area (TPSA) is 17.1 Å². The maximum absolute atomic E-state index is 11.0. The Morgan fingerprint density at radius 1 is 1.56 bits per heavy atom. The third kappa shape index (κ3) is 1.45. The maximum Gasteiger partial charge on any atom is 0.153 e. The smallest absolute Gasteiger partial charge is 0.153 e. The second-order valence-electron chi connectivity index (χ2n) is 2.83. The van der Waals surface area contributed by atoms with Gasteiger partial charge in [0.05, 0.1) is 4.87 Å². The van der Waals surface area contributed by atoms with Crippen molar-refractivity contribution in [3.8, 4) is 0 Å². The van der Waals surface area contributed by atoms with Gasteiger partial charge in [0.1, 0.15) is 0 Å². The van der Waals surface area contributed by atoms with E-state index in [1.807, 2.05) is 6.92 Å². The van der Waals surface area contributed by atoms with E-state index < -0.39 is 4.87 Å². The quantitative estimate of drug-likeness (QED) is 0.479. The second-order valence-corrected chi connectivity index (χ2v) is 3.66. The van der Waals surface area contributed by atoms with E-state index in [0.717, 1.165) is 19.3 Å². The molecule has 1 saturated carbocycles. The summed E-state index contributed by atoms with van der Waals surface area (Å²) in [5, 5.41) is 0. The zero-order chi connectivity index (χ0) is 6.91. The Hall–Kier alpha value is -0.0400. The van der Waals surface area contributed by atoms with E-state index in [1.54, 1.807) is 0 Å². The summed E-state index contributed by atoms with van der Waals surface area (Å²) in [6, 6.07) is 0. The lowest BCUT2D eigenvalue weighted by molar-refractivity contribution is -0.122. The molecule has 1 aliphatic rings. The van der Waals surface area contributed by atoms with Crippen molar-refractivity contribution in [2.24, 2.45) is 0 Å². The van der Waals surface area contributed by atoms with Crippen molar-refractivity contribution in [2.45, 2.75) is 37.5 Å². The van der Waals surface area contributed by atoms with Gasteiger partial charge in [0.15, 0.2) is 5.78 Å². The lowest BCUT2D eigenvalue weighted by Crippen LogP contribution is -2.31. The molecule has 0 heterocycles. The number of rotatable bonds is 0. The molecule has 0 amide bonds. The number of carbonyl (C=O) groups is 1. The highest BCUT2D eigenvalue weighted by Crippen LogP contribution is 2.29. The lowest BCUT2D eigenvalue weighted by atomic mass is 9.89. The average Bonchev–Trinajstić information content (AvgIpc) is 1.77. The van der Waals surface area contributed by atoms with Crippen molar-refractivity contribution in [3.05, 3.63) is 0 Å². The fourth-order valence-electron chi connectivity index (χ4n) is 1.14. The van der Waals surface area contributed by atoms with Crippen molar-refractivity contribution in [1.29, 1.82) is 0 Å². The van der Waals surface area contributed by atoms with E-state index in [0.29, 0.717) is 6.42 Å². The molecule has 0 saturated heterocycles. The SMILES string of the molecule is C[C@]1(Cl)CCCCC1=O. The monoisotopic (exact) mass is 146 g/mol. The minimum atomic E-state index is -0.530. The molecule has 0 radical (unpaired) electrons. The van der Waals surface area contributed by atoms with E-state index in [-0.39, 0.29) is 5.78 Å². The highest BCUT2D eigenvalue weighted by molar-refractivity contribution is 6.35. The standard InChI is InChI=1S/C7H11ClO/c1-7(8)5-3-2-4-6(7)9/h2-5H2,1H3/t7-/m0/s1. The van der Waals surface area contributed by atoms with Crippen LogP contribution in [-0.2, 0) is 4.79 Å². The van der Waals surface area contributed by atoms with Crippen molar-refractivity contribution in [1.82, 2.24) is 0 Å². The summed E-state index contributed by atoms with van der Waals surface area (Å²) in [7, 11) is 0. The van der Waals surface area contributed by atoms with Crippen molar-refractivity contribution < 1.29 is 4.79 Å². The summed E-state index contributed by atoms with van der Waals surface area (Å²) < 4.78 is 0. The number of Topliss-reactive ketones (excluding diaryl/α,β-unsaturated/α-hetero) is 1. The predicted octanol–water partition coefficient (Wildman–Crippen LogP) is 2.13. The summed E-state index contributed by atoms with van der Waals surface area (Å²) in [6.45, 7) is 1.82. The van der Waals surface area contributed by atoms with E-state index in [1.165, 1.54) is 0 Å². The van der Waals surface area contributed by atoms with Crippen LogP contribution in [0.25, 0.3) is 0 Å². The largest absolute Gasteiger partial charge is 0.298 e. The maximum atomic E-state index is 11.0. The van der Waals surface area contributed by atoms with Crippen LogP contribution in [0.1, 0.15) is 32.6 Å². The molecule has 1 atom stereocenters. The van der Waals surface area contributed by atoms with Crippen LogP contribution < -0.4 is 0 Å². The van der Waals surface area contributed by atoms with Gasteiger partial charge in [-0.15, -0.1) is 11.6 Å². The predicted molar refractivity (Wildman–Crippen MR) is 37.7 cm³/mol. The van der Waals surface area contributed by atoms with Gasteiger partial charge < -0.3 is 0 Å². The summed E-state index contributed by atoms with van der Waals surface area (Å²) in [6.07, 6.45) is 3.67. The van der Waals surface area contributed by atoms with Crippen LogP contribution in [0.15, 0.2) is 0 Å². The first-order chi connectivity index (χ1) is 4.13. The van der Waals surface area contributed by atoms with Gasteiger partial charge in [-0.25, -0.2) is 0 Å². The molecule has 0 aliphatic heterocycles. The third-order valence-corrected chi connectivity index (χ3v) is 2.28. The van der Waals surface area contributed by atoms with Crippen LogP contribution in [0.5, 0.6) is 0 Å². The molecule has 2 heteroatoms. The van der Waals surface area contributed by atoms with Crippen LogP contribution in [0.4, 0.5) is 0 Å². The van der Waals surface area contributed by atoms with Crippen molar-refractivity contribution in [2.75, 3.05) is 0 Å². The Kier molecular flexibility index (Phi) is 1.80. The molecule has 0 N–H and O–H groups in total. The van der Waals surface area contributed by atoms with Crippen molar-refractivity contribution in [3.63, 3.8) is 0 Å². The third-order valence-electron chi connectivity index (χ3n) is 1.88. The van der Waals surface area contributed by atoms with Gasteiger partial charge in [0.2, 0.25) is 0 Å². The number of halogens is 1. The molecular weight excluding hydrogens is 136 g/mol. The first-order valence-corrected chi connectivity index (χ1v) is 3.73. The van der Waals surface area contributed by atoms with E-state index in [2.05, 4.69) is 0 Å². The molecule has 0 spiro atoms. The first-order valence-electron chi connectivity index (χ1n) is 3.35. The Bertz CT molecular complexity index is 129. The van der Waals surface area contributed by atoms with Gasteiger partial charge in [-0.05, 0) is 19.8 Å². The number of hydrogen-bond donors (Lipinski definition) is 0. The molecule has 0 aromatic rings. The van der Waals surface area contributed by atoms with Gasteiger partial charge in [-0.3, -0.25) is 4.79 Å². The van der Waals surface area contributed by atoms with Crippen LogP contribution in [-0.4, -0.2) is 10.7 Å². The van der Waals surface area contributed by atoms with Gasteiger partial charge in [0.25, 0.3) is 0 Å². The van der Waals surface area contributed by atoms with Gasteiger partial charge in [0, 0.05) is 6.42 Å². The van der Waals surface area contributed by atoms with E-state index in [9.17, 15) is 4.79 Å². The van der Waals surface area contributed by atoms with E-state index >= 15 is 0 Å². The molecule has 1 aliphatic carbocycles. The fraction of sp³-hybridized carbons (Fsp3) is 0.857. The zero-order valence-electron chi connectivity index (χ0n) is 5.61. The molecule has 9 heavy (non-hydrogen) atoms. The number of carbonyl (C=O) groups excluding carboxylic acids is 1. The van der Waals surface area contributed by atoms with Crippen LogP contribution in [0.3, 0.4) is 0 Å². The van der Waals surface area contributed by atoms with E-state index in [4.69, 9.17) is 11.6 Å².